The van der Waals surface area contributed by atoms with E-state index in [0.717, 1.165) is 5.57 Å². The Hall–Kier alpha value is -1.42. The lowest BCUT2D eigenvalue weighted by Crippen LogP contribution is -2.08. The minimum atomic E-state index is 1.11. The molecule has 0 radical (unpaired) electrons. The first kappa shape index (κ1) is 20.8. The molecule has 4 rings (SSSR count). The average Bonchev–Trinajstić information content (AvgIpc) is 3.24. The van der Waals surface area contributed by atoms with E-state index in [-0.39, 0.29) is 0 Å². The lowest BCUT2D eigenvalue weighted by molar-refractivity contribution is 0.586. The number of rotatable bonds is 6. The summed E-state index contributed by atoms with van der Waals surface area (Å²) >= 11 is 3.86. The van der Waals surface area contributed by atoms with Gasteiger partial charge in [-0.2, -0.15) is 0 Å². The molecule has 2 aromatic carbocycles. The van der Waals surface area contributed by atoms with Crippen molar-refractivity contribution in [3.05, 3.63) is 76.2 Å². The summed E-state index contributed by atoms with van der Waals surface area (Å²) in [6, 6.07) is 15.7. The van der Waals surface area contributed by atoms with E-state index >= 15 is 0 Å². The van der Waals surface area contributed by atoms with Crippen molar-refractivity contribution < 1.29 is 0 Å². The van der Waals surface area contributed by atoms with Crippen molar-refractivity contribution in [1.82, 2.24) is 4.31 Å². The van der Waals surface area contributed by atoms with Gasteiger partial charge >= 0.3 is 0 Å². The van der Waals surface area contributed by atoms with Crippen LogP contribution in [0.15, 0.2) is 69.3 Å². The second-order valence-electron chi connectivity index (χ2n) is 8.22. The van der Waals surface area contributed by atoms with Crippen LogP contribution >= 0.6 is 23.7 Å². The van der Waals surface area contributed by atoms with Crippen molar-refractivity contribution in [2.45, 2.75) is 62.2 Å². The molecule has 29 heavy (non-hydrogen) atoms. The van der Waals surface area contributed by atoms with Crippen LogP contribution in [0.1, 0.15) is 62.1 Å². The molecule has 152 valence electrons. The molecular weight excluding hydrogens is 390 g/mol. The average molecular weight is 422 g/mol. The zero-order valence-corrected chi connectivity index (χ0v) is 19.3. The Morgan fingerprint density at radius 2 is 1.55 bits per heavy atom. The summed E-state index contributed by atoms with van der Waals surface area (Å²) in [5.41, 5.74) is 6.47. The van der Waals surface area contributed by atoms with Gasteiger partial charge in [0.1, 0.15) is 0 Å². The summed E-state index contributed by atoms with van der Waals surface area (Å²) in [5, 5.41) is 0. The Morgan fingerprint density at radius 3 is 2.24 bits per heavy atom. The molecule has 0 bridgehead atoms. The number of aryl methyl sites for hydroxylation is 1. The minimum Gasteiger partial charge on any atom is -0.246 e. The van der Waals surface area contributed by atoms with Gasteiger partial charge in [-0.3, -0.25) is 0 Å². The Balaban J connectivity index is 1.45. The Kier molecular flexibility index (Phi) is 6.89. The second-order valence-corrected chi connectivity index (χ2v) is 10.5. The van der Waals surface area contributed by atoms with Crippen LogP contribution in [0.5, 0.6) is 0 Å². The van der Waals surface area contributed by atoms with E-state index in [4.69, 9.17) is 0 Å². The number of thioether (sulfide) groups is 1. The fraction of sp³-hybridized carbons (Fsp3) is 0.385. The monoisotopic (exact) mass is 421 g/mol. The first-order chi connectivity index (χ1) is 14.1. The van der Waals surface area contributed by atoms with Gasteiger partial charge in [0.05, 0.1) is 0 Å². The largest absolute Gasteiger partial charge is 0.246 e. The van der Waals surface area contributed by atoms with Gasteiger partial charge in [-0.15, -0.1) is 0 Å². The third kappa shape index (κ3) is 5.20. The van der Waals surface area contributed by atoms with Crippen molar-refractivity contribution in [3.63, 3.8) is 0 Å². The Bertz CT molecular complexity index is 905. The molecule has 1 aliphatic carbocycles. The van der Waals surface area contributed by atoms with Crippen molar-refractivity contribution in [3.8, 4) is 0 Å². The van der Waals surface area contributed by atoms with Crippen LogP contribution in [0.3, 0.4) is 0 Å². The van der Waals surface area contributed by atoms with E-state index in [2.05, 4.69) is 67.2 Å². The van der Waals surface area contributed by atoms with E-state index in [1.54, 1.807) is 10.5 Å². The van der Waals surface area contributed by atoms with Gasteiger partial charge in [0, 0.05) is 22.9 Å². The van der Waals surface area contributed by atoms with Gasteiger partial charge in [-0.05, 0) is 110 Å². The number of benzene rings is 2. The highest BCUT2D eigenvalue weighted by Crippen LogP contribution is 2.39. The molecule has 2 aromatic rings. The Morgan fingerprint density at radius 1 is 0.862 bits per heavy atom. The maximum atomic E-state index is 4.39. The molecule has 0 saturated carbocycles. The SMILES string of the molecule is C=C(c1ccc(SN2CCCC2)cc1)c1ccc(SC2=C(C)CCCC2)c(C)c1. The highest BCUT2D eigenvalue weighted by Gasteiger charge is 2.14. The number of hydrogen-bond acceptors (Lipinski definition) is 3. The van der Waals surface area contributed by atoms with Crippen LogP contribution in [0.4, 0.5) is 0 Å². The van der Waals surface area contributed by atoms with E-state index in [1.807, 2.05) is 23.7 Å². The highest BCUT2D eigenvalue weighted by atomic mass is 32.2. The molecule has 0 amide bonds. The predicted octanol–water partition coefficient (Wildman–Crippen LogP) is 8.10. The molecule has 3 heteroatoms. The molecular formula is C26H31NS2. The maximum Gasteiger partial charge on any atom is 0.0230 e. The number of allylic oxidation sites excluding steroid dienone is 2. The molecule has 0 spiro atoms. The fourth-order valence-electron chi connectivity index (χ4n) is 4.06. The molecule has 1 nitrogen and oxygen atoms in total. The minimum absolute atomic E-state index is 1.11. The molecule has 0 atom stereocenters. The summed E-state index contributed by atoms with van der Waals surface area (Å²) in [5.74, 6) is 0. The first-order valence-corrected chi connectivity index (χ1v) is 12.4. The normalized spacial score (nSPS) is 17.7. The molecule has 1 heterocycles. The molecule has 1 saturated heterocycles. The van der Waals surface area contributed by atoms with E-state index in [1.165, 1.54) is 78.1 Å². The van der Waals surface area contributed by atoms with Gasteiger partial charge in [-0.1, -0.05) is 48.2 Å². The zero-order chi connectivity index (χ0) is 20.2. The van der Waals surface area contributed by atoms with Crippen molar-refractivity contribution in [1.29, 1.82) is 0 Å². The Labute approximate surface area is 184 Å². The highest BCUT2D eigenvalue weighted by molar-refractivity contribution is 8.03. The lowest BCUT2D eigenvalue weighted by atomic mass is 9.98. The summed E-state index contributed by atoms with van der Waals surface area (Å²) in [6.07, 6.45) is 7.84. The smallest absolute Gasteiger partial charge is 0.0230 e. The van der Waals surface area contributed by atoms with E-state index in [9.17, 15) is 0 Å². The van der Waals surface area contributed by atoms with E-state index < -0.39 is 0 Å². The fourth-order valence-corrected chi connectivity index (χ4v) is 6.20. The zero-order valence-electron chi connectivity index (χ0n) is 17.7. The summed E-state index contributed by atoms with van der Waals surface area (Å²) < 4.78 is 2.47. The van der Waals surface area contributed by atoms with E-state index in [0.29, 0.717) is 0 Å². The maximum absolute atomic E-state index is 4.39. The van der Waals surface area contributed by atoms with Crippen LogP contribution in [0.2, 0.25) is 0 Å². The summed E-state index contributed by atoms with van der Waals surface area (Å²) in [6.45, 7) is 11.3. The van der Waals surface area contributed by atoms with Crippen LogP contribution in [0, 0.1) is 6.92 Å². The lowest BCUT2D eigenvalue weighted by Gasteiger charge is -2.18. The van der Waals surface area contributed by atoms with Crippen LogP contribution < -0.4 is 0 Å². The molecule has 2 aliphatic rings. The van der Waals surface area contributed by atoms with Gasteiger partial charge in [0.2, 0.25) is 0 Å². The first-order valence-electron chi connectivity index (χ1n) is 10.8. The van der Waals surface area contributed by atoms with Crippen molar-refractivity contribution in [2.24, 2.45) is 0 Å². The number of hydrogen-bond donors (Lipinski definition) is 0. The van der Waals surface area contributed by atoms with Gasteiger partial charge < -0.3 is 0 Å². The third-order valence-corrected chi connectivity index (χ3v) is 8.52. The topological polar surface area (TPSA) is 3.24 Å². The van der Waals surface area contributed by atoms with Gasteiger partial charge in [0.15, 0.2) is 0 Å². The molecule has 0 aromatic heterocycles. The third-order valence-electron chi connectivity index (χ3n) is 5.94. The standard InChI is InChI=1S/C26H31NS2/c1-19-8-4-5-9-25(19)28-26-15-12-23(18-20(26)2)21(3)22-10-13-24(14-11-22)29-27-16-6-7-17-27/h10-15,18H,3-9,16-17H2,1-2H3. The quantitative estimate of drug-likeness (QED) is 0.434. The van der Waals surface area contributed by atoms with Crippen LogP contribution in [0.25, 0.3) is 5.57 Å². The van der Waals surface area contributed by atoms with Gasteiger partial charge in [-0.25, -0.2) is 4.31 Å². The molecule has 1 aliphatic heterocycles. The van der Waals surface area contributed by atoms with Crippen LogP contribution in [-0.4, -0.2) is 17.4 Å². The van der Waals surface area contributed by atoms with Crippen molar-refractivity contribution >= 4 is 29.3 Å². The molecule has 0 unspecified atom stereocenters. The van der Waals surface area contributed by atoms with Crippen LogP contribution in [-0.2, 0) is 0 Å². The van der Waals surface area contributed by atoms with Gasteiger partial charge in [0.25, 0.3) is 0 Å². The number of nitrogens with zero attached hydrogens (tertiary/aromatic N) is 1. The summed E-state index contributed by atoms with van der Waals surface area (Å²) in [7, 11) is 0. The molecule has 0 N–H and O–H groups in total. The molecule has 1 fully saturated rings. The van der Waals surface area contributed by atoms with Crippen molar-refractivity contribution in [2.75, 3.05) is 13.1 Å². The second kappa shape index (κ2) is 9.59. The summed E-state index contributed by atoms with van der Waals surface area (Å²) in [4.78, 5) is 4.29. The predicted molar refractivity (Wildman–Crippen MR) is 129 cm³/mol.